The van der Waals surface area contributed by atoms with Crippen LogP contribution in [0.4, 0.5) is 0 Å². The number of likely N-dealkylation sites (tertiary alicyclic amines) is 1. The molecule has 1 saturated heterocycles. The lowest BCUT2D eigenvalue weighted by atomic mass is 9.97. The highest BCUT2D eigenvalue weighted by atomic mass is 16.5. The first-order valence-corrected chi connectivity index (χ1v) is 8.87. The SMILES string of the molecule is Cc1cc(=O)n(CC(=O)N2CCC(COc3ccncc3C)CC2)cn1. The average molecular weight is 356 g/mol. The maximum Gasteiger partial charge on any atom is 0.253 e. The van der Waals surface area contributed by atoms with E-state index in [2.05, 4.69) is 9.97 Å². The van der Waals surface area contributed by atoms with Gasteiger partial charge in [0, 0.05) is 42.8 Å². The number of piperidine rings is 1. The smallest absolute Gasteiger partial charge is 0.253 e. The molecule has 0 unspecified atom stereocenters. The predicted molar refractivity (Wildman–Crippen MR) is 97.0 cm³/mol. The molecule has 3 rings (SSSR count). The van der Waals surface area contributed by atoms with E-state index in [4.69, 9.17) is 4.74 Å². The number of ether oxygens (including phenoxy) is 1. The molecule has 2 aromatic heterocycles. The molecule has 0 saturated carbocycles. The van der Waals surface area contributed by atoms with Crippen molar-refractivity contribution >= 4 is 5.91 Å². The molecular formula is C19H24N4O3. The molecule has 0 aliphatic carbocycles. The summed E-state index contributed by atoms with van der Waals surface area (Å²) in [6.07, 6.45) is 6.75. The number of carbonyl (C=O) groups is 1. The first kappa shape index (κ1) is 18.1. The lowest BCUT2D eigenvalue weighted by Crippen LogP contribution is -2.42. The molecule has 2 aromatic rings. The Morgan fingerprint density at radius 1 is 1.31 bits per heavy atom. The van der Waals surface area contributed by atoms with Gasteiger partial charge in [-0.25, -0.2) is 4.98 Å². The largest absolute Gasteiger partial charge is 0.493 e. The van der Waals surface area contributed by atoms with E-state index >= 15 is 0 Å². The van der Waals surface area contributed by atoms with Gasteiger partial charge in [-0.1, -0.05) is 0 Å². The van der Waals surface area contributed by atoms with Crippen LogP contribution in [0.3, 0.4) is 0 Å². The quantitative estimate of drug-likeness (QED) is 0.813. The van der Waals surface area contributed by atoms with E-state index < -0.39 is 0 Å². The number of carbonyl (C=O) groups excluding carboxylic acids is 1. The number of hydrogen-bond donors (Lipinski definition) is 0. The highest BCUT2D eigenvalue weighted by molar-refractivity contribution is 5.76. The Bertz CT molecular complexity index is 826. The van der Waals surface area contributed by atoms with Gasteiger partial charge in [-0.2, -0.15) is 0 Å². The molecule has 0 spiro atoms. The van der Waals surface area contributed by atoms with Crippen LogP contribution in [0.15, 0.2) is 35.6 Å². The van der Waals surface area contributed by atoms with E-state index in [1.54, 1.807) is 19.3 Å². The Hall–Kier alpha value is -2.70. The van der Waals surface area contributed by atoms with Crippen LogP contribution in [0.25, 0.3) is 0 Å². The summed E-state index contributed by atoms with van der Waals surface area (Å²) in [5.74, 6) is 1.25. The van der Waals surface area contributed by atoms with Gasteiger partial charge in [-0.3, -0.25) is 19.1 Å². The molecule has 0 radical (unpaired) electrons. The molecule has 26 heavy (non-hydrogen) atoms. The normalized spacial score (nSPS) is 15.1. The van der Waals surface area contributed by atoms with Gasteiger partial charge in [0.05, 0.1) is 12.9 Å². The van der Waals surface area contributed by atoms with Crippen LogP contribution in [0.5, 0.6) is 5.75 Å². The Balaban J connectivity index is 1.48. The molecule has 0 atom stereocenters. The molecule has 0 aromatic carbocycles. The molecule has 3 heterocycles. The van der Waals surface area contributed by atoms with Crippen molar-refractivity contribution in [2.24, 2.45) is 5.92 Å². The van der Waals surface area contributed by atoms with E-state index in [0.29, 0.717) is 31.3 Å². The topological polar surface area (TPSA) is 77.3 Å². The van der Waals surface area contributed by atoms with Gasteiger partial charge in [-0.05, 0) is 38.7 Å². The van der Waals surface area contributed by atoms with Crippen molar-refractivity contribution in [3.05, 3.63) is 52.5 Å². The van der Waals surface area contributed by atoms with Crippen LogP contribution >= 0.6 is 0 Å². The van der Waals surface area contributed by atoms with Crippen LogP contribution in [0.1, 0.15) is 24.1 Å². The Morgan fingerprint density at radius 2 is 2.08 bits per heavy atom. The third-order valence-electron chi connectivity index (χ3n) is 4.73. The summed E-state index contributed by atoms with van der Waals surface area (Å²) in [5, 5.41) is 0. The molecular weight excluding hydrogens is 332 g/mol. The zero-order valence-corrected chi connectivity index (χ0v) is 15.2. The molecule has 7 nitrogen and oxygen atoms in total. The molecule has 1 aliphatic heterocycles. The molecule has 0 N–H and O–H groups in total. The minimum Gasteiger partial charge on any atom is -0.493 e. The second-order valence-corrected chi connectivity index (χ2v) is 6.77. The van der Waals surface area contributed by atoms with Crippen LogP contribution in [0.2, 0.25) is 0 Å². The fourth-order valence-corrected chi connectivity index (χ4v) is 3.06. The fraction of sp³-hybridized carbons (Fsp3) is 0.474. The number of pyridine rings is 1. The van der Waals surface area contributed by atoms with Gasteiger partial charge in [0.15, 0.2) is 0 Å². The van der Waals surface area contributed by atoms with Crippen LogP contribution in [-0.4, -0.2) is 45.0 Å². The highest BCUT2D eigenvalue weighted by Gasteiger charge is 2.23. The van der Waals surface area contributed by atoms with E-state index in [1.165, 1.54) is 17.0 Å². The van der Waals surface area contributed by atoms with Crippen molar-refractivity contribution in [1.82, 2.24) is 19.4 Å². The van der Waals surface area contributed by atoms with Gasteiger partial charge in [-0.15, -0.1) is 0 Å². The third-order valence-corrected chi connectivity index (χ3v) is 4.73. The summed E-state index contributed by atoms with van der Waals surface area (Å²) in [4.78, 5) is 34.3. The van der Waals surface area contributed by atoms with Crippen LogP contribution < -0.4 is 10.3 Å². The van der Waals surface area contributed by atoms with Crippen molar-refractivity contribution < 1.29 is 9.53 Å². The number of nitrogens with zero attached hydrogens (tertiary/aromatic N) is 4. The third kappa shape index (κ3) is 4.47. The van der Waals surface area contributed by atoms with Crippen LogP contribution in [0, 0.1) is 19.8 Å². The summed E-state index contributed by atoms with van der Waals surface area (Å²) in [5.41, 5.74) is 1.49. The van der Waals surface area contributed by atoms with Gasteiger partial charge in [0.25, 0.3) is 5.56 Å². The first-order chi connectivity index (χ1) is 12.5. The lowest BCUT2D eigenvalue weighted by Gasteiger charge is -2.32. The lowest BCUT2D eigenvalue weighted by molar-refractivity contribution is -0.133. The second kappa shape index (κ2) is 8.12. The van der Waals surface area contributed by atoms with Crippen LogP contribution in [-0.2, 0) is 11.3 Å². The molecule has 1 amide bonds. The average Bonchev–Trinajstić information content (AvgIpc) is 2.64. The number of amides is 1. The first-order valence-electron chi connectivity index (χ1n) is 8.87. The number of aromatic nitrogens is 3. The summed E-state index contributed by atoms with van der Waals surface area (Å²) < 4.78 is 7.26. The van der Waals surface area contributed by atoms with Crippen molar-refractivity contribution in [3.63, 3.8) is 0 Å². The highest BCUT2D eigenvalue weighted by Crippen LogP contribution is 2.21. The van der Waals surface area contributed by atoms with E-state index in [0.717, 1.165) is 24.2 Å². The molecule has 138 valence electrons. The predicted octanol–water partition coefficient (Wildman–Crippen LogP) is 1.57. The zero-order chi connectivity index (χ0) is 18.5. The number of aryl methyl sites for hydroxylation is 2. The van der Waals surface area contributed by atoms with Crippen molar-refractivity contribution in [2.75, 3.05) is 19.7 Å². The van der Waals surface area contributed by atoms with Crippen molar-refractivity contribution in [1.29, 1.82) is 0 Å². The zero-order valence-electron chi connectivity index (χ0n) is 15.2. The minimum atomic E-state index is -0.193. The fourth-order valence-electron chi connectivity index (χ4n) is 3.06. The minimum absolute atomic E-state index is 0.0397. The monoisotopic (exact) mass is 356 g/mol. The number of rotatable bonds is 5. The molecule has 1 aliphatic rings. The van der Waals surface area contributed by atoms with Gasteiger partial charge >= 0.3 is 0 Å². The van der Waals surface area contributed by atoms with E-state index in [9.17, 15) is 9.59 Å². The molecule has 0 bridgehead atoms. The standard InChI is InChI=1S/C19H24N4O3/c1-14-10-20-6-3-17(14)26-12-16-4-7-22(8-5-16)19(25)11-23-13-21-15(2)9-18(23)24/h3,6,9-10,13,16H,4-5,7-8,11-12H2,1-2H3. The molecule has 7 heteroatoms. The van der Waals surface area contributed by atoms with Crippen molar-refractivity contribution in [3.8, 4) is 5.75 Å². The second-order valence-electron chi connectivity index (χ2n) is 6.77. The summed E-state index contributed by atoms with van der Waals surface area (Å²) in [6, 6.07) is 3.32. The Morgan fingerprint density at radius 3 is 2.77 bits per heavy atom. The summed E-state index contributed by atoms with van der Waals surface area (Å²) >= 11 is 0. The number of hydrogen-bond acceptors (Lipinski definition) is 5. The summed E-state index contributed by atoms with van der Waals surface area (Å²) in [6.45, 7) is 5.81. The van der Waals surface area contributed by atoms with Gasteiger partial charge in [0.1, 0.15) is 12.3 Å². The maximum absolute atomic E-state index is 12.4. The molecule has 1 fully saturated rings. The van der Waals surface area contributed by atoms with E-state index in [-0.39, 0.29) is 18.0 Å². The van der Waals surface area contributed by atoms with Gasteiger partial charge < -0.3 is 9.64 Å². The Kier molecular flexibility index (Phi) is 5.65. The maximum atomic E-state index is 12.4. The van der Waals surface area contributed by atoms with Gasteiger partial charge in [0.2, 0.25) is 5.91 Å². The Labute approximate surface area is 152 Å². The van der Waals surface area contributed by atoms with E-state index in [1.807, 2.05) is 17.9 Å². The van der Waals surface area contributed by atoms with Crippen molar-refractivity contribution in [2.45, 2.75) is 33.2 Å². The summed E-state index contributed by atoms with van der Waals surface area (Å²) in [7, 11) is 0.